The van der Waals surface area contributed by atoms with Gasteiger partial charge in [-0.3, -0.25) is 0 Å². The van der Waals surface area contributed by atoms with Crippen LogP contribution in [0.4, 0.5) is 35.4 Å². The van der Waals surface area contributed by atoms with Gasteiger partial charge in [-0.1, -0.05) is 11.6 Å². The fourth-order valence-electron chi connectivity index (χ4n) is 3.60. The van der Waals surface area contributed by atoms with Crippen LogP contribution >= 0.6 is 11.6 Å². The van der Waals surface area contributed by atoms with Crippen molar-refractivity contribution in [2.24, 2.45) is 0 Å². The minimum atomic E-state index is -4.63. The molecule has 2 aromatic rings. The number of rotatable bonds is 4. The number of amides is 1. The van der Waals surface area contributed by atoms with Crippen molar-refractivity contribution < 1.29 is 23.1 Å². The van der Waals surface area contributed by atoms with Gasteiger partial charge in [0.1, 0.15) is 16.5 Å². The molecule has 0 bridgehead atoms. The summed E-state index contributed by atoms with van der Waals surface area (Å²) in [4.78, 5) is 27.0. The van der Waals surface area contributed by atoms with Gasteiger partial charge in [0.15, 0.2) is 0 Å². The second-order valence-corrected chi connectivity index (χ2v) is 8.03. The molecule has 12 heteroatoms. The second-order valence-electron chi connectivity index (χ2n) is 7.67. The van der Waals surface area contributed by atoms with E-state index in [2.05, 4.69) is 15.3 Å². The molecule has 1 aliphatic heterocycles. The summed E-state index contributed by atoms with van der Waals surface area (Å²) in [5, 5.41) is 11.5. The van der Waals surface area contributed by atoms with Gasteiger partial charge in [-0.2, -0.15) is 13.2 Å². The second kappa shape index (κ2) is 8.03. The smallest absolute Gasteiger partial charge is 0.420 e. The van der Waals surface area contributed by atoms with Crippen molar-refractivity contribution in [3.8, 4) is 0 Å². The summed E-state index contributed by atoms with van der Waals surface area (Å²) in [6.07, 6.45) is -2.99. The first-order valence-corrected chi connectivity index (χ1v) is 10.1. The number of hydrogen-bond acceptors (Lipinski definition) is 6. The van der Waals surface area contributed by atoms with Crippen molar-refractivity contribution in [3.05, 3.63) is 34.7 Å². The van der Waals surface area contributed by atoms with Gasteiger partial charge >= 0.3 is 12.3 Å². The summed E-state index contributed by atoms with van der Waals surface area (Å²) < 4.78 is 38.6. The number of halogens is 4. The average Bonchev–Trinajstić information content (AvgIpc) is 3.52. The number of pyridine rings is 1. The maximum absolute atomic E-state index is 12.9. The Labute approximate surface area is 181 Å². The Kier molecular flexibility index (Phi) is 5.54. The lowest BCUT2D eigenvalue weighted by Gasteiger charge is -2.39. The summed E-state index contributed by atoms with van der Waals surface area (Å²) in [6.45, 7) is 3.28. The van der Waals surface area contributed by atoms with Gasteiger partial charge in [0.05, 0.1) is 11.4 Å². The molecule has 0 aromatic carbocycles. The number of nitrogens with one attached hydrogen (secondary N) is 1. The van der Waals surface area contributed by atoms with Crippen molar-refractivity contribution in [1.82, 2.24) is 19.9 Å². The van der Waals surface area contributed by atoms with E-state index in [1.165, 1.54) is 4.90 Å². The topological polar surface area (TPSA) is 94.5 Å². The van der Waals surface area contributed by atoms with Crippen molar-refractivity contribution in [2.45, 2.75) is 37.9 Å². The van der Waals surface area contributed by atoms with E-state index in [1.54, 1.807) is 12.1 Å². The highest BCUT2D eigenvalue weighted by Crippen LogP contribution is 2.44. The third-order valence-corrected chi connectivity index (χ3v) is 5.65. The zero-order chi connectivity index (χ0) is 22.3. The summed E-state index contributed by atoms with van der Waals surface area (Å²) in [5.74, 6) is 0.930. The lowest BCUT2D eigenvalue weighted by atomic mass is 10.1. The molecule has 1 amide bonds. The van der Waals surface area contributed by atoms with Crippen LogP contribution in [-0.2, 0) is 6.18 Å². The van der Waals surface area contributed by atoms with E-state index >= 15 is 0 Å². The van der Waals surface area contributed by atoms with Crippen molar-refractivity contribution in [3.63, 3.8) is 0 Å². The van der Waals surface area contributed by atoms with Crippen LogP contribution in [0, 0.1) is 0 Å². The molecule has 1 saturated carbocycles. The lowest BCUT2D eigenvalue weighted by molar-refractivity contribution is -0.137. The molecule has 8 nitrogen and oxygen atoms in total. The van der Waals surface area contributed by atoms with Crippen LogP contribution in [0.25, 0.3) is 0 Å². The number of carbonyl (C=O) groups is 1. The maximum atomic E-state index is 12.9. The third-order valence-electron chi connectivity index (χ3n) is 5.37. The highest BCUT2D eigenvalue weighted by molar-refractivity contribution is 6.30. The van der Waals surface area contributed by atoms with Crippen LogP contribution in [0.15, 0.2) is 18.3 Å². The van der Waals surface area contributed by atoms with Crippen LogP contribution in [0.1, 0.15) is 36.9 Å². The highest BCUT2D eigenvalue weighted by atomic mass is 35.5. The molecule has 0 spiro atoms. The molecule has 2 N–H and O–H groups in total. The monoisotopic (exact) mass is 456 g/mol. The molecule has 1 atom stereocenters. The minimum Gasteiger partial charge on any atom is -0.465 e. The first kappa shape index (κ1) is 21.4. The Morgan fingerprint density at radius 1 is 1.26 bits per heavy atom. The summed E-state index contributed by atoms with van der Waals surface area (Å²) in [6, 6.07) is 3.42. The first-order chi connectivity index (χ1) is 14.6. The Hall–Kier alpha value is -2.82. The van der Waals surface area contributed by atoms with Crippen molar-refractivity contribution in [2.75, 3.05) is 29.9 Å². The molecule has 1 aliphatic carbocycles. The third kappa shape index (κ3) is 4.60. The maximum Gasteiger partial charge on any atom is 0.420 e. The van der Waals surface area contributed by atoms with Crippen LogP contribution in [0.2, 0.25) is 5.15 Å². The van der Waals surface area contributed by atoms with Gasteiger partial charge in [-0.05, 0) is 31.9 Å². The van der Waals surface area contributed by atoms with Gasteiger partial charge in [0.2, 0.25) is 5.95 Å². The number of nitrogens with zero attached hydrogens (tertiary/aromatic N) is 5. The van der Waals surface area contributed by atoms with Gasteiger partial charge in [-0.15, -0.1) is 0 Å². The van der Waals surface area contributed by atoms with E-state index in [0.29, 0.717) is 31.5 Å². The van der Waals surface area contributed by atoms with E-state index in [1.807, 2.05) is 11.8 Å². The quantitative estimate of drug-likeness (QED) is 0.660. The van der Waals surface area contributed by atoms with Gasteiger partial charge in [-0.25, -0.2) is 19.7 Å². The predicted molar refractivity (Wildman–Crippen MR) is 108 cm³/mol. The van der Waals surface area contributed by atoms with E-state index in [0.717, 1.165) is 24.4 Å². The largest absolute Gasteiger partial charge is 0.465 e. The fourth-order valence-corrected chi connectivity index (χ4v) is 3.83. The standard InChI is InChI=1S/C19H20ClF3N6O2/c1-10-9-28(6-7-29(10)18(30)31)14-5-4-13(15(26-14)11-2-3-11)25-17-24-8-12(16(20)27-17)19(21,22)23/h4-5,8,10-11H,2-3,6-7,9H2,1H3,(H,30,31)(H,24,25,27)/t10-/m1/s1. The number of alkyl halides is 3. The highest BCUT2D eigenvalue weighted by Gasteiger charge is 2.35. The van der Waals surface area contributed by atoms with E-state index in [-0.39, 0.29) is 17.9 Å². The number of hydrogen-bond donors (Lipinski definition) is 2. The molecule has 2 aliphatic rings. The fraction of sp³-hybridized carbons (Fsp3) is 0.474. The van der Waals surface area contributed by atoms with E-state index in [4.69, 9.17) is 16.6 Å². The number of anilines is 3. The molecule has 2 fully saturated rings. The van der Waals surface area contributed by atoms with Gasteiger partial charge < -0.3 is 20.2 Å². The molecule has 166 valence electrons. The van der Waals surface area contributed by atoms with E-state index < -0.39 is 23.0 Å². The molecule has 2 aromatic heterocycles. The average molecular weight is 457 g/mol. The van der Waals surface area contributed by atoms with Crippen molar-refractivity contribution >= 4 is 35.1 Å². The number of carboxylic acid groups (broad SMARTS) is 1. The van der Waals surface area contributed by atoms with Crippen LogP contribution in [0.3, 0.4) is 0 Å². The summed E-state index contributed by atoms with van der Waals surface area (Å²) >= 11 is 5.69. The zero-order valence-corrected chi connectivity index (χ0v) is 17.3. The molecule has 0 radical (unpaired) electrons. The van der Waals surface area contributed by atoms with Gasteiger partial charge in [0.25, 0.3) is 0 Å². The number of piperazine rings is 1. The lowest BCUT2D eigenvalue weighted by Crippen LogP contribution is -2.54. The normalized spacial score (nSPS) is 19.5. The summed E-state index contributed by atoms with van der Waals surface area (Å²) in [5.41, 5.74) is 0.301. The molecule has 4 rings (SSSR count). The molecular weight excluding hydrogens is 437 g/mol. The van der Waals surface area contributed by atoms with Crippen LogP contribution in [0.5, 0.6) is 0 Å². The Bertz CT molecular complexity index is 1000. The molecular formula is C19H20ClF3N6O2. The zero-order valence-electron chi connectivity index (χ0n) is 16.5. The van der Waals surface area contributed by atoms with E-state index in [9.17, 15) is 23.1 Å². The molecule has 1 saturated heterocycles. The number of aromatic nitrogens is 3. The SMILES string of the molecule is C[C@@H]1CN(c2ccc(Nc3ncc(C(F)(F)F)c(Cl)n3)c(C3CC3)n2)CCN1C(=O)O. The van der Waals surface area contributed by atoms with Crippen LogP contribution < -0.4 is 10.2 Å². The predicted octanol–water partition coefficient (Wildman–Crippen LogP) is 4.35. The molecule has 31 heavy (non-hydrogen) atoms. The van der Waals surface area contributed by atoms with Crippen LogP contribution in [-0.4, -0.2) is 56.7 Å². The Morgan fingerprint density at radius 3 is 2.58 bits per heavy atom. The van der Waals surface area contributed by atoms with Gasteiger partial charge in [0, 0.05) is 37.8 Å². The van der Waals surface area contributed by atoms with Crippen molar-refractivity contribution in [1.29, 1.82) is 0 Å². The minimum absolute atomic E-state index is 0.0434. The molecule has 0 unspecified atom stereocenters. The summed E-state index contributed by atoms with van der Waals surface area (Å²) in [7, 11) is 0. The Balaban J connectivity index is 1.55. The molecule has 3 heterocycles. The Morgan fingerprint density at radius 2 is 2.00 bits per heavy atom. The first-order valence-electron chi connectivity index (χ1n) is 9.75.